The van der Waals surface area contributed by atoms with Gasteiger partial charge in [0.15, 0.2) is 0 Å². The summed E-state index contributed by atoms with van der Waals surface area (Å²) in [5.41, 5.74) is 2.44. The van der Waals surface area contributed by atoms with E-state index >= 15 is 0 Å². The number of aromatic nitrogens is 2. The zero-order chi connectivity index (χ0) is 15.2. The maximum absolute atomic E-state index is 5.99. The van der Waals surface area contributed by atoms with Crippen LogP contribution in [-0.2, 0) is 19.7 Å². The van der Waals surface area contributed by atoms with Crippen molar-refractivity contribution in [3.8, 4) is 5.75 Å². The minimum atomic E-state index is 0.456. The fraction of sp³-hybridized carbons (Fsp3) is 0.471. The second kappa shape index (κ2) is 7.27. The third kappa shape index (κ3) is 4.33. The zero-order valence-electron chi connectivity index (χ0n) is 13.4. The molecule has 0 bridgehead atoms. The number of hydrogen-bond donors (Lipinski definition) is 1. The lowest BCUT2D eigenvalue weighted by Crippen LogP contribution is -2.22. The van der Waals surface area contributed by atoms with Gasteiger partial charge in [0.05, 0.1) is 0 Å². The van der Waals surface area contributed by atoms with Gasteiger partial charge in [0, 0.05) is 37.1 Å². The van der Waals surface area contributed by atoms with Crippen LogP contribution in [0, 0.1) is 6.92 Å². The highest BCUT2D eigenvalue weighted by molar-refractivity contribution is 5.37. The highest BCUT2D eigenvalue weighted by Crippen LogP contribution is 2.21. The SMILES string of the molecule is CCn1ccnc1COc1ccc(C)cc1CNC(C)C. The number of ether oxygens (including phenoxy) is 1. The maximum Gasteiger partial charge on any atom is 0.146 e. The van der Waals surface area contributed by atoms with E-state index in [0.29, 0.717) is 12.6 Å². The molecule has 21 heavy (non-hydrogen) atoms. The number of aryl methyl sites for hydroxylation is 2. The number of rotatable bonds is 7. The molecule has 0 radical (unpaired) electrons. The molecule has 2 aromatic rings. The number of nitrogens with one attached hydrogen (secondary N) is 1. The molecule has 0 unspecified atom stereocenters. The van der Waals surface area contributed by atoms with Crippen LogP contribution in [0.5, 0.6) is 5.75 Å². The molecule has 1 heterocycles. The van der Waals surface area contributed by atoms with E-state index < -0.39 is 0 Å². The van der Waals surface area contributed by atoms with Crippen LogP contribution in [0.2, 0.25) is 0 Å². The van der Waals surface area contributed by atoms with Crippen LogP contribution in [0.25, 0.3) is 0 Å². The van der Waals surface area contributed by atoms with Gasteiger partial charge in [0.25, 0.3) is 0 Å². The Labute approximate surface area is 127 Å². The summed E-state index contributed by atoms with van der Waals surface area (Å²) >= 11 is 0. The fourth-order valence-electron chi connectivity index (χ4n) is 2.21. The van der Waals surface area contributed by atoms with Crippen LogP contribution in [0.1, 0.15) is 37.7 Å². The predicted molar refractivity (Wildman–Crippen MR) is 85.4 cm³/mol. The van der Waals surface area contributed by atoms with E-state index in [2.05, 4.69) is 54.7 Å². The van der Waals surface area contributed by atoms with Crippen molar-refractivity contribution < 1.29 is 4.74 Å². The molecule has 0 fully saturated rings. The molecule has 2 rings (SSSR count). The van der Waals surface area contributed by atoms with Gasteiger partial charge < -0.3 is 14.6 Å². The Kier molecular flexibility index (Phi) is 5.39. The summed E-state index contributed by atoms with van der Waals surface area (Å²) in [7, 11) is 0. The summed E-state index contributed by atoms with van der Waals surface area (Å²) in [4.78, 5) is 4.35. The molecule has 4 heteroatoms. The van der Waals surface area contributed by atoms with Gasteiger partial charge in [0.1, 0.15) is 18.2 Å². The highest BCUT2D eigenvalue weighted by Gasteiger charge is 2.07. The van der Waals surface area contributed by atoms with E-state index in [1.165, 1.54) is 11.1 Å². The lowest BCUT2D eigenvalue weighted by atomic mass is 10.1. The van der Waals surface area contributed by atoms with E-state index in [-0.39, 0.29) is 0 Å². The second-order valence-corrected chi connectivity index (χ2v) is 5.56. The van der Waals surface area contributed by atoms with Crippen molar-refractivity contribution in [2.45, 2.75) is 53.4 Å². The molecule has 0 spiro atoms. The summed E-state index contributed by atoms with van der Waals surface area (Å²) in [5, 5.41) is 3.44. The standard InChI is InChI=1S/C17H25N3O/c1-5-20-9-8-18-17(20)12-21-16-7-6-14(4)10-15(16)11-19-13(2)3/h6-10,13,19H,5,11-12H2,1-4H3. The van der Waals surface area contributed by atoms with Crippen LogP contribution in [0.3, 0.4) is 0 Å². The van der Waals surface area contributed by atoms with Gasteiger partial charge in [-0.15, -0.1) is 0 Å². The van der Waals surface area contributed by atoms with Crippen LogP contribution in [-0.4, -0.2) is 15.6 Å². The molecule has 4 nitrogen and oxygen atoms in total. The normalized spacial score (nSPS) is 11.1. The Balaban J connectivity index is 2.08. The van der Waals surface area contributed by atoms with E-state index in [1.807, 2.05) is 18.5 Å². The average molecular weight is 287 g/mol. The van der Waals surface area contributed by atoms with Gasteiger partial charge in [-0.3, -0.25) is 0 Å². The average Bonchev–Trinajstić information content (AvgIpc) is 2.91. The van der Waals surface area contributed by atoms with E-state index in [9.17, 15) is 0 Å². The Morgan fingerprint density at radius 2 is 2.14 bits per heavy atom. The summed E-state index contributed by atoms with van der Waals surface area (Å²) in [6, 6.07) is 6.76. The molecule has 0 aliphatic carbocycles. The fourth-order valence-corrected chi connectivity index (χ4v) is 2.21. The van der Waals surface area contributed by atoms with Crippen molar-refractivity contribution in [3.05, 3.63) is 47.5 Å². The van der Waals surface area contributed by atoms with E-state index in [0.717, 1.165) is 24.7 Å². The first-order chi connectivity index (χ1) is 10.1. The molecule has 0 saturated heterocycles. The first kappa shape index (κ1) is 15.6. The minimum Gasteiger partial charge on any atom is -0.485 e. The topological polar surface area (TPSA) is 39.1 Å². The summed E-state index contributed by atoms with van der Waals surface area (Å²) < 4.78 is 8.09. The molecule has 0 aliphatic heterocycles. The molecule has 1 N–H and O–H groups in total. The molecule has 1 aromatic carbocycles. The van der Waals surface area contributed by atoms with E-state index in [4.69, 9.17) is 4.74 Å². The first-order valence-electron chi connectivity index (χ1n) is 7.56. The Hall–Kier alpha value is -1.81. The predicted octanol–water partition coefficient (Wildman–Crippen LogP) is 3.29. The third-order valence-electron chi connectivity index (χ3n) is 3.42. The zero-order valence-corrected chi connectivity index (χ0v) is 13.4. The number of nitrogens with zero attached hydrogens (tertiary/aromatic N) is 2. The van der Waals surface area contributed by atoms with Crippen LogP contribution in [0.15, 0.2) is 30.6 Å². The summed E-state index contributed by atoms with van der Waals surface area (Å²) in [6.07, 6.45) is 3.80. The second-order valence-electron chi connectivity index (χ2n) is 5.56. The van der Waals surface area contributed by atoms with Crippen molar-refractivity contribution in [3.63, 3.8) is 0 Å². The van der Waals surface area contributed by atoms with Gasteiger partial charge in [-0.2, -0.15) is 0 Å². The molecule has 0 atom stereocenters. The summed E-state index contributed by atoms with van der Waals surface area (Å²) in [6.45, 7) is 10.7. The van der Waals surface area contributed by atoms with Gasteiger partial charge >= 0.3 is 0 Å². The molecular weight excluding hydrogens is 262 g/mol. The molecule has 0 aliphatic rings. The Bertz CT molecular complexity index is 575. The van der Waals surface area contributed by atoms with Gasteiger partial charge in [-0.05, 0) is 19.9 Å². The largest absolute Gasteiger partial charge is 0.485 e. The van der Waals surface area contributed by atoms with Crippen molar-refractivity contribution >= 4 is 0 Å². The Morgan fingerprint density at radius 1 is 1.33 bits per heavy atom. The van der Waals surface area contributed by atoms with Crippen LogP contribution >= 0.6 is 0 Å². The minimum absolute atomic E-state index is 0.456. The monoisotopic (exact) mass is 287 g/mol. The third-order valence-corrected chi connectivity index (χ3v) is 3.42. The Morgan fingerprint density at radius 3 is 2.86 bits per heavy atom. The van der Waals surface area contributed by atoms with Gasteiger partial charge in [0.2, 0.25) is 0 Å². The van der Waals surface area contributed by atoms with Crippen LogP contribution < -0.4 is 10.1 Å². The maximum atomic E-state index is 5.99. The smallest absolute Gasteiger partial charge is 0.146 e. The van der Waals surface area contributed by atoms with Gasteiger partial charge in [-0.1, -0.05) is 31.5 Å². The molecule has 114 valence electrons. The number of benzene rings is 1. The number of imidazole rings is 1. The lowest BCUT2D eigenvalue weighted by Gasteiger charge is -2.15. The quantitative estimate of drug-likeness (QED) is 0.849. The van der Waals surface area contributed by atoms with Gasteiger partial charge in [-0.25, -0.2) is 4.98 Å². The van der Waals surface area contributed by atoms with Crippen molar-refractivity contribution in [2.75, 3.05) is 0 Å². The highest BCUT2D eigenvalue weighted by atomic mass is 16.5. The molecular formula is C17H25N3O. The molecule has 0 amide bonds. The number of hydrogen-bond acceptors (Lipinski definition) is 3. The molecule has 1 aromatic heterocycles. The van der Waals surface area contributed by atoms with Crippen molar-refractivity contribution in [2.24, 2.45) is 0 Å². The summed E-state index contributed by atoms with van der Waals surface area (Å²) in [5.74, 6) is 1.89. The van der Waals surface area contributed by atoms with Crippen LogP contribution in [0.4, 0.5) is 0 Å². The molecule has 0 saturated carbocycles. The van der Waals surface area contributed by atoms with Crippen molar-refractivity contribution in [1.29, 1.82) is 0 Å². The lowest BCUT2D eigenvalue weighted by molar-refractivity contribution is 0.286. The first-order valence-corrected chi connectivity index (χ1v) is 7.56. The van der Waals surface area contributed by atoms with E-state index in [1.54, 1.807) is 0 Å². The van der Waals surface area contributed by atoms with Crippen molar-refractivity contribution in [1.82, 2.24) is 14.9 Å².